The van der Waals surface area contributed by atoms with Crippen LogP contribution in [0.3, 0.4) is 0 Å². The molecule has 4 fully saturated rings. The van der Waals surface area contributed by atoms with Crippen LogP contribution >= 0.6 is 0 Å². The van der Waals surface area contributed by atoms with Crippen LogP contribution in [0.4, 0.5) is 28.4 Å². The zero-order valence-electron chi connectivity index (χ0n) is 89.2. The molecule has 0 spiro atoms. The zero-order valence-corrected chi connectivity index (χ0v) is 92.5. The summed E-state index contributed by atoms with van der Waals surface area (Å²) in [6, 6.07) is 20.2. The number of nitrogens with one attached hydrogen (secondary N) is 2. The average molecular weight is 2000 g/mol. The number of nitrogens with zero attached hydrogens (tertiary/aromatic N) is 2. The standard InChI is InChI=1S/C26H35NO4S.C25H33NO4S.C18H23NO2S.C18H27NO2.C11H17N.C8H14O3.CH5N.CH4.Li.H2O4S.H2O/c1-14-10-12-22(13-11-14)32(29,30)27(25-20(7)23(21(25)8)26(28)31-9)24-18(5)16(3)15(2)17(4)19(24)6;1-13-9-11-21(12-10-13)31(29,30)26(24-19(7)22(20(24)8)25(27)28)23-17(5)15(3)14(2)16(4)18(23)6;1-11-7-9-17(10-8-11)22(20,21)19-18-15(5)13(3)12(2)14(4)16(18)6;1-8-9(2)11(4)16(12(5)10(8)3)19-17-13(6)15(14(17)7)18(20)21;1-6-7(2)9(4)11(12)10(5)8(6)3;1-4-6(8(10)11-3)5(2)7(4)9;1-2;;;1-5(2,3)4;/h10-13,20-21,23,25H,1-9H3;9-12,19-20,22,24H,1-8H3,(H,27,28);7-10,19H,1-6H3;13-15,17,19H,1-7H3,(H,20,21);12H2,1-5H3;4-7,9H,1-3H3;2H2,1H3;1H4;;(H2,1,2,3,4);1H2/q;;;;;;;;+1;;/p-1. The van der Waals surface area contributed by atoms with Crippen molar-refractivity contribution in [1.29, 1.82) is 0 Å². The number of esters is 2. The van der Waals surface area contributed by atoms with Gasteiger partial charge in [-0.2, -0.15) is 8.42 Å². The van der Waals surface area contributed by atoms with E-state index in [1.807, 2.05) is 171 Å². The summed E-state index contributed by atoms with van der Waals surface area (Å²) in [6.45, 7) is 72.8. The van der Waals surface area contributed by atoms with E-state index in [4.69, 9.17) is 28.0 Å². The Morgan fingerprint density at radius 1 is 0.331 bits per heavy atom. The smallest absolute Gasteiger partial charge is 0.870 e. The number of aliphatic hydroxyl groups excluding tert-OH is 1. The number of nitrogen functional groups attached to an aromatic ring is 1. The number of ether oxygens (including phenoxy) is 2. The van der Waals surface area contributed by atoms with E-state index in [1.54, 1.807) is 65.0 Å². The number of rotatable bonds is 17. The molecule has 0 heterocycles. The molecule has 12 N–H and O–H groups in total. The number of nitrogens with two attached hydrogens (primary N) is 2. The molecule has 0 bridgehead atoms. The maximum Gasteiger partial charge on any atom is 1.00 e. The van der Waals surface area contributed by atoms with Gasteiger partial charge in [0.2, 0.25) is 0 Å². The van der Waals surface area contributed by atoms with Crippen LogP contribution in [0.25, 0.3) is 0 Å². The second kappa shape index (κ2) is 50.2. The molecular weight excluding hydrogens is 1840 g/mol. The summed E-state index contributed by atoms with van der Waals surface area (Å²) in [5, 5.41) is 31.9. The average Bonchev–Trinajstić information content (AvgIpc) is 0.722. The predicted octanol–water partition coefficient (Wildman–Crippen LogP) is 18.2. The maximum absolute atomic E-state index is 14.1. The number of methoxy groups -OCH3 is 2. The monoisotopic (exact) mass is 2000 g/mol. The van der Waals surface area contributed by atoms with Gasteiger partial charge in [0.25, 0.3) is 30.1 Å². The molecule has 4 aliphatic carbocycles. The number of carbonyl (C=O) groups is 4. The van der Waals surface area contributed by atoms with Gasteiger partial charge in [-0.1, -0.05) is 116 Å². The van der Waals surface area contributed by atoms with E-state index in [0.29, 0.717) is 11.4 Å². The first kappa shape index (κ1) is 126. The summed E-state index contributed by atoms with van der Waals surface area (Å²) in [6.07, 6.45) is -0.334. The van der Waals surface area contributed by atoms with Crippen molar-refractivity contribution in [1.82, 2.24) is 0 Å². The Labute approximate surface area is 844 Å². The molecule has 4 aliphatic rings. The Bertz CT molecular complexity index is 5980. The molecule has 8 aromatic carbocycles. The number of hydrogen-bond acceptors (Lipinski definition) is 19. The SMILES string of the molecule is C.CN.COC(=O)C1C(C)C(N(c2c(C)c(C)c(C)c(C)c2C)S(=O)(=O)c2ccc(C)cc2)C1C.COC(=O)C1C(C)C(O)C1C.Cc1c(C)c(C)c(N)c(C)c1C.Cc1c(C)c(C)c(NC2C(C)C(C(=O)O)C2C)c(C)c1C.Cc1ccc(S(=O)(=O)N(c2c(C)c(C)c(C)c(C)c2C)C2C(C)C(C(=O)O)C2C)cc1.Cc1ccc(S(=O)(=O)Nc2c(C)c(C)c(C)c(C)c2C)cc1.O=S(=O)(O)O.[Li+].[OH-]. The fraction of sp³-hybridized carbons (Fsp3) is 0.519. The van der Waals surface area contributed by atoms with Crippen LogP contribution in [0.15, 0.2) is 87.5 Å². The second-order valence-corrected chi connectivity index (χ2v) is 44.6. The van der Waals surface area contributed by atoms with Crippen molar-refractivity contribution in [3.63, 3.8) is 0 Å². The van der Waals surface area contributed by atoms with Gasteiger partial charge in [-0.25, -0.2) is 25.3 Å². The van der Waals surface area contributed by atoms with Crippen molar-refractivity contribution in [2.45, 2.75) is 296 Å². The Hall–Kier alpha value is -9.16. The van der Waals surface area contributed by atoms with Crippen molar-refractivity contribution >= 4 is 92.8 Å². The van der Waals surface area contributed by atoms with E-state index >= 15 is 0 Å². The Morgan fingerprint density at radius 2 is 0.540 bits per heavy atom. The van der Waals surface area contributed by atoms with Gasteiger partial charge in [-0.3, -0.25) is 41.6 Å². The van der Waals surface area contributed by atoms with Gasteiger partial charge >= 0.3 is 53.1 Å². The number of anilines is 5. The number of benzene rings is 8. The van der Waals surface area contributed by atoms with E-state index < -0.39 is 64.4 Å². The Morgan fingerprint density at radius 3 is 0.791 bits per heavy atom. The van der Waals surface area contributed by atoms with Crippen molar-refractivity contribution in [2.75, 3.05) is 45.7 Å². The molecule has 8 aromatic rings. The minimum atomic E-state index is -4.67. The number of aliphatic carboxylic acids is 2. The van der Waals surface area contributed by atoms with Gasteiger partial charge in [0.1, 0.15) is 0 Å². The summed E-state index contributed by atoms with van der Waals surface area (Å²) < 4.78 is 129. The van der Waals surface area contributed by atoms with Crippen LogP contribution in [0.5, 0.6) is 0 Å². The van der Waals surface area contributed by atoms with Crippen molar-refractivity contribution in [2.24, 2.45) is 76.7 Å². The van der Waals surface area contributed by atoms with Gasteiger partial charge in [-0.15, -0.1) is 0 Å². The number of aryl methyl sites for hydroxylation is 3. The quantitative estimate of drug-likeness (QED) is 0.0177. The predicted molar refractivity (Wildman–Crippen MR) is 559 cm³/mol. The third-order valence-electron chi connectivity index (χ3n) is 31.4. The molecule has 0 aromatic heterocycles. The fourth-order valence-electron chi connectivity index (χ4n) is 20.2. The van der Waals surface area contributed by atoms with Crippen LogP contribution in [0, 0.1) is 265 Å². The topological polar surface area (TPSA) is 437 Å². The summed E-state index contributed by atoms with van der Waals surface area (Å²) in [5.74, 6) is -3.72. The van der Waals surface area contributed by atoms with Crippen molar-refractivity contribution in [3.8, 4) is 0 Å². The van der Waals surface area contributed by atoms with Crippen LogP contribution < -0.4 is 49.0 Å². The maximum atomic E-state index is 14.1. The third kappa shape index (κ3) is 26.5. The van der Waals surface area contributed by atoms with Crippen LogP contribution in [0.2, 0.25) is 0 Å². The van der Waals surface area contributed by atoms with Gasteiger partial charge in [0.05, 0.1) is 87.8 Å². The molecule has 139 heavy (non-hydrogen) atoms. The molecule has 8 atom stereocenters. The molecule has 0 radical (unpaired) electrons. The van der Waals surface area contributed by atoms with Crippen LogP contribution in [0.1, 0.15) is 219 Å². The second-order valence-electron chi connectivity index (χ2n) is 38.4. The third-order valence-corrected chi connectivity index (χ3v) is 36.4. The molecule has 4 saturated carbocycles. The van der Waals surface area contributed by atoms with E-state index in [-0.39, 0.29) is 142 Å². The largest absolute Gasteiger partial charge is 1.00 e. The number of carboxylic acids is 2. The van der Waals surface area contributed by atoms with E-state index in [0.717, 1.165) is 100 Å². The minimum absolute atomic E-state index is 0. The molecule has 0 amide bonds. The van der Waals surface area contributed by atoms with Crippen molar-refractivity contribution in [3.05, 3.63) is 229 Å². The van der Waals surface area contributed by atoms with Crippen molar-refractivity contribution < 1.29 is 111 Å². The molecule has 8 unspecified atom stereocenters. The number of hydrogen-bond donors (Lipinski definition) is 9. The first-order valence-corrected chi connectivity index (χ1v) is 52.1. The van der Waals surface area contributed by atoms with Gasteiger partial charge in [-0.05, 0) is 424 Å². The van der Waals surface area contributed by atoms with E-state index in [9.17, 15) is 59.8 Å². The first-order chi connectivity index (χ1) is 62.6. The first-order valence-electron chi connectivity index (χ1n) is 46.3. The fourth-order valence-corrected chi connectivity index (χ4v) is 25.3. The van der Waals surface area contributed by atoms with Gasteiger partial charge in [0, 0.05) is 17.4 Å². The Kier molecular flexibility index (Phi) is 45.5. The summed E-state index contributed by atoms with van der Waals surface area (Å²) in [5.41, 5.74) is 46.7. The molecule has 31 heteroatoms. The molecular formula is C108H161LiN6O20S4. The van der Waals surface area contributed by atoms with Gasteiger partial charge in [0.15, 0.2) is 0 Å². The number of carboxylic acid groups (broad SMARTS) is 2. The molecule has 12 rings (SSSR count). The van der Waals surface area contributed by atoms with Crippen LogP contribution in [-0.4, -0.2) is 133 Å². The Balaban J connectivity index is 0.000000571. The summed E-state index contributed by atoms with van der Waals surface area (Å²) >= 11 is 0. The zero-order chi connectivity index (χ0) is 105. The molecule has 0 aliphatic heterocycles. The van der Waals surface area contributed by atoms with E-state index in [2.05, 4.69) is 111 Å². The molecule has 768 valence electrons. The number of carbonyl (C=O) groups excluding carboxylic acids is 2. The van der Waals surface area contributed by atoms with E-state index in [1.165, 1.54) is 98.0 Å². The minimum Gasteiger partial charge on any atom is -0.870 e. The summed E-state index contributed by atoms with van der Waals surface area (Å²) in [7, 11) is -11.7. The number of aliphatic hydroxyl groups is 1. The molecule has 26 nitrogen and oxygen atoms in total. The van der Waals surface area contributed by atoms with Crippen LogP contribution in [-0.2, 0) is 69.1 Å². The summed E-state index contributed by atoms with van der Waals surface area (Å²) in [4.78, 5) is 47.2. The normalized spacial score (nSPS) is 21.3. The van der Waals surface area contributed by atoms with Gasteiger partial charge < -0.3 is 47.1 Å². The molecule has 0 saturated heterocycles. The number of sulfonamides is 3.